The van der Waals surface area contributed by atoms with Crippen LogP contribution in [0.1, 0.15) is 12.0 Å². The van der Waals surface area contributed by atoms with E-state index in [9.17, 15) is 14.4 Å². The van der Waals surface area contributed by atoms with E-state index in [0.717, 1.165) is 11.4 Å². The summed E-state index contributed by atoms with van der Waals surface area (Å²) in [6.45, 7) is -0.167. The number of fused-ring (bicyclic) bond motifs is 5. The molecule has 7 heteroatoms. The molecule has 4 atom stereocenters. The lowest BCUT2D eigenvalue weighted by Gasteiger charge is -2.13. The zero-order valence-electron chi connectivity index (χ0n) is 14.2. The van der Waals surface area contributed by atoms with Gasteiger partial charge < -0.3 is 9.47 Å². The van der Waals surface area contributed by atoms with Crippen LogP contribution in [0.15, 0.2) is 41.5 Å². The molecule has 1 heterocycles. The molecular weight excluding hydrogens is 336 g/mol. The van der Waals surface area contributed by atoms with Crippen LogP contribution in [0.25, 0.3) is 0 Å². The number of ether oxygens (including phenoxy) is 2. The smallest absolute Gasteiger partial charge is 0.343 e. The van der Waals surface area contributed by atoms with Crippen LogP contribution in [-0.4, -0.2) is 42.7 Å². The Labute approximate surface area is 150 Å². The second-order valence-corrected chi connectivity index (χ2v) is 6.67. The second kappa shape index (κ2) is 6.40. The first-order valence-corrected chi connectivity index (χ1v) is 8.48. The molecule has 1 saturated heterocycles. The van der Waals surface area contributed by atoms with Crippen molar-refractivity contribution in [2.24, 2.45) is 28.8 Å². The van der Waals surface area contributed by atoms with Gasteiger partial charge in [0.05, 0.1) is 25.2 Å². The molecule has 2 amide bonds. The molecule has 7 nitrogen and oxygen atoms in total. The summed E-state index contributed by atoms with van der Waals surface area (Å²) < 4.78 is 9.77. The van der Waals surface area contributed by atoms with E-state index >= 15 is 0 Å². The predicted molar refractivity (Wildman–Crippen MR) is 91.1 cm³/mol. The van der Waals surface area contributed by atoms with Crippen LogP contribution in [0.5, 0.6) is 5.75 Å². The molecule has 0 aromatic heterocycles. The van der Waals surface area contributed by atoms with E-state index < -0.39 is 5.97 Å². The Balaban J connectivity index is 1.41. The van der Waals surface area contributed by atoms with E-state index in [1.54, 1.807) is 24.3 Å². The normalized spacial score (nSPS) is 28.9. The molecule has 0 radical (unpaired) electrons. The lowest BCUT2D eigenvalue weighted by molar-refractivity contribution is -0.143. The summed E-state index contributed by atoms with van der Waals surface area (Å²) in [4.78, 5) is 36.1. The Morgan fingerprint density at radius 1 is 1.15 bits per heavy atom. The van der Waals surface area contributed by atoms with Crippen LogP contribution >= 0.6 is 0 Å². The fourth-order valence-electron chi connectivity index (χ4n) is 3.98. The number of imide groups is 1. The van der Waals surface area contributed by atoms with Gasteiger partial charge in [0, 0.05) is 0 Å². The molecule has 2 bridgehead atoms. The number of benzene rings is 1. The van der Waals surface area contributed by atoms with Crippen LogP contribution in [0.3, 0.4) is 0 Å². The minimum atomic E-state index is -0.462. The van der Waals surface area contributed by atoms with Crippen LogP contribution in [0.4, 0.5) is 0 Å². The molecule has 26 heavy (non-hydrogen) atoms. The number of carbonyl (C=O) groups is 3. The van der Waals surface area contributed by atoms with Crippen molar-refractivity contribution in [1.29, 1.82) is 0 Å². The monoisotopic (exact) mass is 354 g/mol. The van der Waals surface area contributed by atoms with Crippen LogP contribution in [0.2, 0.25) is 0 Å². The lowest BCUT2D eigenvalue weighted by atomic mass is 9.85. The number of methoxy groups -OCH3 is 1. The first-order valence-electron chi connectivity index (χ1n) is 8.48. The van der Waals surface area contributed by atoms with Crippen molar-refractivity contribution in [3.63, 3.8) is 0 Å². The zero-order valence-corrected chi connectivity index (χ0v) is 14.2. The molecular formula is C19H18N2O5. The third-order valence-corrected chi connectivity index (χ3v) is 5.23. The number of rotatable bonds is 5. The van der Waals surface area contributed by atoms with Crippen molar-refractivity contribution < 1.29 is 23.9 Å². The molecule has 0 spiro atoms. The SMILES string of the molecule is COC(=O)COc1ccc(/C=N\N2C(=O)[C@@H]3[C@H](C2=O)[C@H]2C=C[C@@H]3C2)cc1. The van der Waals surface area contributed by atoms with Gasteiger partial charge in [0.2, 0.25) is 0 Å². The topological polar surface area (TPSA) is 85.3 Å². The van der Waals surface area contributed by atoms with E-state index in [1.165, 1.54) is 13.3 Å². The highest BCUT2D eigenvalue weighted by Crippen LogP contribution is 2.52. The maximum atomic E-state index is 12.5. The maximum absolute atomic E-state index is 12.5. The average molecular weight is 354 g/mol. The van der Waals surface area contributed by atoms with Crippen LogP contribution in [-0.2, 0) is 19.1 Å². The second-order valence-electron chi connectivity index (χ2n) is 6.67. The molecule has 1 saturated carbocycles. The van der Waals surface area contributed by atoms with E-state index in [2.05, 4.69) is 22.0 Å². The summed E-state index contributed by atoms with van der Waals surface area (Å²) in [6.07, 6.45) is 6.49. The van der Waals surface area contributed by atoms with Gasteiger partial charge in [-0.3, -0.25) is 9.59 Å². The molecule has 0 unspecified atom stereocenters. The van der Waals surface area contributed by atoms with Gasteiger partial charge in [-0.15, -0.1) is 0 Å². The van der Waals surface area contributed by atoms with Crippen molar-refractivity contribution in [1.82, 2.24) is 5.01 Å². The summed E-state index contributed by atoms with van der Waals surface area (Å²) in [5.41, 5.74) is 0.717. The molecule has 2 fully saturated rings. The number of hydrogen-bond acceptors (Lipinski definition) is 6. The third-order valence-electron chi connectivity index (χ3n) is 5.23. The van der Waals surface area contributed by atoms with Gasteiger partial charge in [-0.05, 0) is 48.1 Å². The molecule has 1 aromatic carbocycles. The summed E-state index contributed by atoms with van der Waals surface area (Å²) in [5, 5.41) is 5.14. The van der Waals surface area contributed by atoms with Gasteiger partial charge in [-0.1, -0.05) is 12.2 Å². The first kappa shape index (κ1) is 16.5. The number of carbonyl (C=O) groups excluding carboxylic acids is 3. The number of hydrazone groups is 1. The van der Waals surface area contributed by atoms with Crippen molar-refractivity contribution in [2.75, 3.05) is 13.7 Å². The summed E-state index contributed by atoms with van der Waals surface area (Å²) in [6, 6.07) is 6.81. The van der Waals surface area contributed by atoms with Crippen molar-refractivity contribution in [2.45, 2.75) is 6.42 Å². The fourth-order valence-corrected chi connectivity index (χ4v) is 3.98. The molecule has 0 N–H and O–H groups in total. The largest absolute Gasteiger partial charge is 0.482 e. The molecule has 3 aliphatic rings. The number of nitrogens with zero attached hydrogens (tertiary/aromatic N) is 2. The minimum Gasteiger partial charge on any atom is -0.482 e. The fraction of sp³-hybridized carbons (Fsp3) is 0.368. The molecule has 134 valence electrons. The van der Waals surface area contributed by atoms with Gasteiger partial charge in [0.1, 0.15) is 5.75 Å². The molecule has 1 aliphatic heterocycles. The number of hydrogen-bond donors (Lipinski definition) is 0. The van der Waals surface area contributed by atoms with Crippen molar-refractivity contribution in [3.05, 3.63) is 42.0 Å². The Hall–Kier alpha value is -2.96. The predicted octanol–water partition coefficient (Wildman–Crippen LogP) is 1.38. The maximum Gasteiger partial charge on any atom is 0.343 e. The highest BCUT2D eigenvalue weighted by atomic mass is 16.6. The number of allylic oxidation sites excluding steroid dienone is 2. The lowest BCUT2D eigenvalue weighted by Crippen LogP contribution is -2.28. The quantitative estimate of drug-likeness (QED) is 0.345. The van der Waals surface area contributed by atoms with Gasteiger partial charge in [-0.25, -0.2) is 4.79 Å². The van der Waals surface area contributed by atoms with E-state index in [0.29, 0.717) is 11.3 Å². The standard InChI is InChI=1S/C19H18N2O5/c1-25-15(22)10-26-14-6-2-11(3-7-14)9-20-21-18(23)16-12-4-5-13(8-12)17(16)19(21)24/h2-7,9,12-13,16-17H,8,10H2,1H3/b20-9-/t12-,13+,16+,17-. The summed E-state index contributed by atoms with van der Waals surface area (Å²) >= 11 is 0. The zero-order chi connectivity index (χ0) is 18.3. The van der Waals surface area contributed by atoms with Crippen LogP contribution in [0, 0.1) is 23.7 Å². The number of esters is 1. The highest BCUT2D eigenvalue weighted by molar-refractivity contribution is 6.06. The minimum absolute atomic E-state index is 0.167. The van der Waals surface area contributed by atoms with Gasteiger partial charge in [0.15, 0.2) is 6.61 Å². The number of amides is 2. The first-order chi connectivity index (χ1) is 12.6. The molecule has 4 rings (SSSR count). The Kier molecular flexibility index (Phi) is 4.06. The average Bonchev–Trinajstić information content (AvgIpc) is 3.33. The summed E-state index contributed by atoms with van der Waals surface area (Å²) in [7, 11) is 1.29. The molecule has 2 aliphatic carbocycles. The van der Waals surface area contributed by atoms with E-state index in [-0.39, 0.29) is 42.1 Å². The van der Waals surface area contributed by atoms with E-state index in [4.69, 9.17) is 4.74 Å². The Morgan fingerprint density at radius 3 is 2.35 bits per heavy atom. The van der Waals surface area contributed by atoms with Gasteiger partial charge in [0.25, 0.3) is 11.8 Å². The highest BCUT2D eigenvalue weighted by Gasteiger charge is 2.59. The van der Waals surface area contributed by atoms with E-state index in [1.807, 2.05) is 0 Å². The molecule has 1 aromatic rings. The van der Waals surface area contributed by atoms with Gasteiger partial charge in [-0.2, -0.15) is 10.1 Å². The third kappa shape index (κ3) is 2.69. The van der Waals surface area contributed by atoms with Crippen molar-refractivity contribution in [3.8, 4) is 5.75 Å². The van der Waals surface area contributed by atoms with Crippen LogP contribution < -0.4 is 4.74 Å². The van der Waals surface area contributed by atoms with Crippen molar-refractivity contribution >= 4 is 24.0 Å². The Bertz CT molecular complexity index is 784. The Morgan fingerprint density at radius 2 is 1.77 bits per heavy atom. The van der Waals surface area contributed by atoms with Gasteiger partial charge >= 0.3 is 5.97 Å². The summed E-state index contributed by atoms with van der Waals surface area (Å²) in [5.74, 6) is -0.501.